The predicted octanol–water partition coefficient (Wildman–Crippen LogP) is 1.63. The van der Waals surface area contributed by atoms with Crippen LogP contribution in [-0.2, 0) is 16.8 Å². The summed E-state index contributed by atoms with van der Waals surface area (Å²) < 4.78 is 1.41. The lowest BCUT2D eigenvalue weighted by molar-refractivity contribution is -0.119. The molecule has 0 saturated carbocycles. The number of nitrogens with zero attached hydrogens (tertiary/aromatic N) is 5. The number of benzene rings is 1. The van der Waals surface area contributed by atoms with Crippen LogP contribution >= 0.6 is 0 Å². The van der Waals surface area contributed by atoms with Crippen LogP contribution in [0.25, 0.3) is 0 Å². The number of anilines is 1. The lowest BCUT2D eigenvalue weighted by atomic mass is 9.87. The van der Waals surface area contributed by atoms with Gasteiger partial charge in [-0.05, 0) is 33.5 Å². The third-order valence-corrected chi connectivity index (χ3v) is 3.18. The van der Waals surface area contributed by atoms with Crippen LogP contribution < -0.4 is 4.90 Å². The fourth-order valence-electron chi connectivity index (χ4n) is 1.83. The molecule has 0 bridgehead atoms. The van der Waals surface area contributed by atoms with E-state index < -0.39 is 0 Å². The topological polar surface area (TPSA) is 63.9 Å². The van der Waals surface area contributed by atoms with Gasteiger partial charge in [0, 0.05) is 12.7 Å². The Labute approximate surface area is 118 Å². The predicted molar refractivity (Wildman–Crippen MR) is 76.4 cm³/mol. The summed E-state index contributed by atoms with van der Waals surface area (Å²) in [6.45, 7) is 6.61. The van der Waals surface area contributed by atoms with E-state index in [1.165, 1.54) is 16.6 Å². The van der Waals surface area contributed by atoms with Crippen LogP contribution in [0.4, 0.5) is 5.69 Å². The molecule has 0 saturated heterocycles. The fourth-order valence-corrected chi connectivity index (χ4v) is 1.83. The van der Waals surface area contributed by atoms with E-state index in [0.29, 0.717) is 0 Å². The molecule has 0 aliphatic heterocycles. The SMILES string of the molecule is CN(C(=O)Cn1cnnn1)c1ccc(C(C)(C)C)cc1. The second-order valence-corrected chi connectivity index (χ2v) is 5.76. The van der Waals surface area contributed by atoms with Crippen molar-refractivity contribution in [2.75, 3.05) is 11.9 Å². The van der Waals surface area contributed by atoms with Crippen LogP contribution in [0.1, 0.15) is 26.3 Å². The molecule has 1 aromatic carbocycles. The minimum atomic E-state index is -0.0687. The summed E-state index contributed by atoms with van der Waals surface area (Å²) in [5.74, 6) is -0.0687. The summed E-state index contributed by atoms with van der Waals surface area (Å²) in [5, 5.41) is 10.7. The lowest BCUT2D eigenvalue weighted by Gasteiger charge is -2.21. The second kappa shape index (κ2) is 5.40. The number of hydrogen-bond donors (Lipinski definition) is 0. The Morgan fingerprint density at radius 1 is 1.25 bits per heavy atom. The van der Waals surface area contributed by atoms with Crippen LogP contribution in [0, 0.1) is 0 Å². The van der Waals surface area contributed by atoms with Gasteiger partial charge in [0.2, 0.25) is 5.91 Å². The third kappa shape index (κ3) is 3.20. The van der Waals surface area contributed by atoms with Gasteiger partial charge in [0.1, 0.15) is 12.9 Å². The van der Waals surface area contributed by atoms with Gasteiger partial charge in [-0.1, -0.05) is 32.9 Å². The minimum Gasteiger partial charge on any atom is -0.314 e. The zero-order valence-corrected chi connectivity index (χ0v) is 12.2. The summed E-state index contributed by atoms with van der Waals surface area (Å²) >= 11 is 0. The van der Waals surface area contributed by atoms with Crippen molar-refractivity contribution in [2.24, 2.45) is 0 Å². The van der Waals surface area contributed by atoms with Gasteiger partial charge in [-0.2, -0.15) is 0 Å². The van der Waals surface area contributed by atoms with E-state index >= 15 is 0 Å². The van der Waals surface area contributed by atoms with Crippen molar-refractivity contribution < 1.29 is 4.79 Å². The average molecular weight is 273 g/mol. The normalized spacial score (nSPS) is 11.4. The number of carbonyl (C=O) groups excluding carboxylic acids is 1. The number of aromatic nitrogens is 4. The van der Waals surface area contributed by atoms with Gasteiger partial charge in [-0.15, -0.1) is 5.10 Å². The Morgan fingerprint density at radius 3 is 2.40 bits per heavy atom. The molecule has 0 unspecified atom stereocenters. The molecule has 1 aromatic heterocycles. The summed E-state index contributed by atoms with van der Waals surface area (Å²) in [6.07, 6.45) is 1.43. The third-order valence-electron chi connectivity index (χ3n) is 3.18. The molecule has 6 heteroatoms. The monoisotopic (exact) mass is 273 g/mol. The number of carbonyl (C=O) groups is 1. The van der Waals surface area contributed by atoms with Crippen LogP contribution in [0.15, 0.2) is 30.6 Å². The van der Waals surface area contributed by atoms with E-state index in [9.17, 15) is 4.79 Å². The Morgan fingerprint density at radius 2 is 1.90 bits per heavy atom. The summed E-state index contributed by atoms with van der Waals surface area (Å²) in [7, 11) is 1.75. The molecule has 2 aromatic rings. The van der Waals surface area contributed by atoms with Crippen molar-refractivity contribution >= 4 is 11.6 Å². The van der Waals surface area contributed by atoms with Gasteiger partial charge in [0.15, 0.2) is 0 Å². The molecule has 0 aliphatic rings. The summed E-state index contributed by atoms with van der Waals surface area (Å²) in [6, 6.07) is 8.02. The number of likely N-dealkylation sites (N-methyl/N-ethyl adjacent to an activating group) is 1. The highest BCUT2D eigenvalue weighted by atomic mass is 16.2. The molecule has 0 fully saturated rings. The molecule has 6 nitrogen and oxygen atoms in total. The Bertz CT molecular complexity index is 569. The van der Waals surface area contributed by atoms with Crippen molar-refractivity contribution in [3.05, 3.63) is 36.2 Å². The van der Waals surface area contributed by atoms with Crippen molar-refractivity contribution in [2.45, 2.75) is 32.7 Å². The van der Waals surface area contributed by atoms with Crippen LogP contribution in [0.3, 0.4) is 0 Å². The first-order valence-electron chi connectivity index (χ1n) is 6.46. The maximum Gasteiger partial charge on any atom is 0.248 e. The number of hydrogen-bond acceptors (Lipinski definition) is 4. The molecular weight excluding hydrogens is 254 g/mol. The molecule has 0 radical (unpaired) electrons. The van der Waals surface area contributed by atoms with Crippen molar-refractivity contribution in [1.29, 1.82) is 0 Å². The Balaban J connectivity index is 2.09. The lowest BCUT2D eigenvalue weighted by Crippen LogP contribution is -2.30. The van der Waals surface area contributed by atoms with Crippen LogP contribution in [0.2, 0.25) is 0 Å². The molecule has 2 rings (SSSR count). The van der Waals surface area contributed by atoms with E-state index in [1.807, 2.05) is 12.1 Å². The van der Waals surface area contributed by atoms with E-state index in [1.54, 1.807) is 11.9 Å². The molecular formula is C14H19N5O. The molecule has 1 heterocycles. The van der Waals surface area contributed by atoms with Gasteiger partial charge in [-0.3, -0.25) is 4.79 Å². The molecule has 0 N–H and O–H groups in total. The molecule has 1 amide bonds. The Kier molecular flexibility index (Phi) is 3.83. The minimum absolute atomic E-state index is 0.0687. The summed E-state index contributed by atoms with van der Waals surface area (Å²) in [5.41, 5.74) is 2.20. The Hall–Kier alpha value is -2.24. The molecule has 0 aliphatic carbocycles. The van der Waals surface area contributed by atoms with Gasteiger partial charge in [0.05, 0.1) is 0 Å². The zero-order chi connectivity index (χ0) is 14.8. The van der Waals surface area contributed by atoms with E-state index in [0.717, 1.165) is 5.69 Å². The summed E-state index contributed by atoms with van der Waals surface area (Å²) in [4.78, 5) is 13.7. The van der Waals surface area contributed by atoms with Gasteiger partial charge in [0.25, 0.3) is 0 Å². The molecule has 0 spiro atoms. The average Bonchev–Trinajstić information content (AvgIpc) is 2.90. The van der Waals surface area contributed by atoms with Crippen LogP contribution in [0.5, 0.6) is 0 Å². The number of tetrazole rings is 1. The van der Waals surface area contributed by atoms with Crippen molar-refractivity contribution in [3.8, 4) is 0 Å². The largest absolute Gasteiger partial charge is 0.314 e. The van der Waals surface area contributed by atoms with E-state index in [2.05, 4.69) is 48.4 Å². The smallest absolute Gasteiger partial charge is 0.248 e. The van der Waals surface area contributed by atoms with Crippen molar-refractivity contribution in [1.82, 2.24) is 20.2 Å². The second-order valence-electron chi connectivity index (χ2n) is 5.76. The first-order chi connectivity index (χ1) is 9.38. The highest BCUT2D eigenvalue weighted by Crippen LogP contribution is 2.24. The highest BCUT2D eigenvalue weighted by molar-refractivity contribution is 5.92. The van der Waals surface area contributed by atoms with E-state index in [4.69, 9.17) is 0 Å². The number of rotatable bonds is 3. The molecule has 20 heavy (non-hydrogen) atoms. The maximum absolute atomic E-state index is 12.1. The zero-order valence-electron chi connectivity index (χ0n) is 12.2. The van der Waals surface area contributed by atoms with E-state index in [-0.39, 0.29) is 17.9 Å². The standard InChI is InChI=1S/C14H19N5O/c1-14(2,3)11-5-7-12(8-6-11)18(4)13(20)9-19-10-15-16-17-19/h5-8,10H,9H2,1-4H3. The number of amides is 1. The first kappa shape index (κ1) is 14.2. The van der Waals surface area contributed by atoms with Gasteiger partial charge < -0.3 is 4.90 Å². The van der Waals surface area contributed by atoms with Gasteiger partial charge in [-0.25, -0.2) is 4.68 Å². The quantitative estimate of drug-likeness (QED) is 0.852. The fraction of sp³-hybridized carbons (Fsp3) is 0.429. The molecule has 106 valence electrons. The van der Waals surface area contributed by atoms with Crippen molar-refractivity contribution in [3.63, 3.8) is 0 Å². The highest BCUT2D eigenvalue weighted by Gasteiger charge is 2.15. The van der Waals surface area contributed by atoms with Gasteiger partial charge >= 0.3 is 0 Å². The van der Waals surface area contributed by atoms with Crippen LogP contribution in [-0.4, -0.2) is 33.2 Å². The molecule has 0 atom stereocenters. The first-order valence-corrected chi connectivity index (χ1v) is 6.46. The maximum atomic E-state index is 12.1.